The molecule has 0 radical (unpaired) electrons. The molecule has 1 amide bonds. The number of thiophene rings is 1. The van der Waals surface area contributed by atoms with E-state index in [1.807, 2.05) is 13.8 Å². The van der Waals surface area contributed by atoms with Crippen LogP contribution in [0, 0.1) is 30.9 Å². The van der Waals surface area contributed by atoms with Crippen LogP contribution in [0.3, 0.4) is 0 Å². The number of hydrogen-bond acceptors (Lipinski definition) is 7. The van der Waals surface area contributed by atoms with Crippen molar-refractivity contribution in [1.82, 2.24) is 19.3 Å². The molecule has 0 aliphatic carbocycles. The molecule has 10 nitrogen and oxygen atoms in total. The van der Waals surface area contributed by atoms with Crippen LogP contribution in [-0.4, -0.2) is 30.2 Å². The van der Waals surface area contributed by atoms with Gasteiger partial charge in [0.05, 0.1) is 28.0 Å². The number of nitro groups is 1. The van der Waals surface area contributed by atoms with E-state index >= 15 is 0 Å². The van der Waals surface area contributed by atoms with Crippen LogP contribution in [0.25, 0.3) is 15.9 Å². The van der Waals surface area contributed by atoms with Crippen molar-refractivity contribution in [2.24, 2.45) is 0 Å². The molecule has 3 aromatic heterocycles. The number of anilines is 1. The molecular formula is C21H20N6O4S. The Morgan fingerprint density at radius 2 is 1.94 bits per heavy atom. The molecule has 164 valence electrons. The van der Waals surface area contributed by atoms with Crippen molar-refractivity contribution in [2.75, 3.05) is 5.32 Å². The number of nitrogens with zero attached hydrogens (tertiary/aromatic N) is 5. The Kier molecular flexibility index (Phi) is 5.57. The van der Waals surface area contributed by atoms with E-state index in [1.54, 1.807) is 25.1 Å². The molecule has 0 aliphatic rings. The van der Waals surface area contributed by atoms with Crippen molar-refractivity contribution in [2.45, 2.75) is 33.7 Å². The zero-order valence-corrected chi connectivity index (χ0v) is 18.5. The van der Waals surface area contributed by atoms with Crippen LogP contribution in [-0.2, 0) is 11.3 Å². The average Bonchev–Trinajstić information content (AvgIpc) is 3.26. The number of amides is 1. The smallest absolute Gasteiger partial charge is 0.269 e. The van der Waals surface area contributed by atoms with Crippen LogP contribution >= 0.6 is 11.3 Å². The van der Waals surface area contributed by atoms with Gasteiger partial charge in [-0.15, -0.1) is 11.3 Å². The predicted octanol–water partition coefficient (Wildman–Crippen LogP) is 3.51. The largest absolute Gasteiger partial charge is 0.311 e. The lowest BCUT2D eigenvalue weighted by atomic mass is 10.2. The Hall–Kier alpha value is -3.86. The van der Waals surface area contributed by atoms with Gasteiger partial charge in [0.15, 0.2) is 0 Å². The van der Waals surface area contributed by atoms with Crippen LogP contribution in [0.4, 0.5) is 11.5 Å². The Balaban J connectivity index is 1.50. The molecular weight excluding hydrogens is 432 g/mol. The topological polar surface area (TPSA) is 125 Å². The Morgan fingerprint density at radius 1 is 1.22 bits per heavy atom. The Morgan fingerprint density at radius 3 is 2.62 bits per heavy atom. The fourth-order valence-corrected chi connectivity index (χ4v) is 4.34. The number of hydrogen-bond donors (Lipinski definition) is 1. The number of carbonyl (C=O) groups excluding carboxylic acids is 1. The van der Waals surface area contributed by atoms with E-state index in [0.29, 0.717) is 27.4 Å². The second-order valence-corrected chi connectivity index (χ2v) is 8.56. The van der Waals surface area contributed by atoms with Crippen LogP contribution < -0.4 is 10.9 Å². The molecule has 0 spiro atoms. The van der Waals surface area contributed by atoms with Crippen molar-refractivity contribution in [3.05, 3.63) is 73.3 Å². The molecule has 0 aliphatic heterocycles. The van der Waals surface area contributed by atoms with Gasteiger partial charge in [0.1, 0.15) is 10.6 Å². The molecule has 11 heteroatoms. The molecule has 0 fully saturated rings. The van der Waals surface area contributed by atoms with Crippen molar-refractivity contribution in [3.8, 4) is 5.69 Å². The van der Waals surface area contributed by atoms with Gasteiger partial charge in [-0.3, -0.25) is 24.3 Å². The number of rotatable bonds is 6. The normalized spacial score (nSPS) is 11.1. The van der Waals surface area contributed by atoms with Crippen LogP contribution in [0.1, 0.15) is 22.6 Å². The predicted molar refractivity (Wildman–Crippen MR) is 122 cm³/mol. The number of carbonyl (C=O) groups is 1. The molecule has 3 heterocycles. The minimum atomic E-state index is -0.478. The summed E-state index contributed by atoms with van der Waals surface area (Å²) < 4.78 is 2.95. The quantitative estimate of drug-likeness (QED) is 0.353. The second kappa shape index (κ2) is 8.35. The lowest BCUT2D eigenvalue weighted by Crippen LogP contribution is -2.24. The monoisotopic (exact) mass is 452 g/mol. The summed E-state index contributed by atoms with van der Waals surface area (Å²) in [7, 11) is 0. The molecule has 1 N–H and O–H groups in total. The zero-order chi connectivity index (χ0) is 23.0. The summed E-state index contributed by atoms with van der Waals surface area (Å²) in [4.78, 5) is 41.9. The third-order valence-corrected chi connectivity index (χ3v) is 6.25. The minimum Gasteiger partial charge on any atom is -0.311 e. The summed E-state index contributed by atoms with van der Waals surface area (Å²) in [6.45, 7) is 5.82. The van der Waals surface area contributed by atoms with E-state index in [9.17, 15) is 19.7 Å². The van der Waals surface area contributed by atoms with Crippen LogP contribution in [0.2, 0.25) is 0 Å². The number of aryl methyl sites for hydroxylation is 4. The second-order valence-electron chi connectivity index (χ2n) is 7.36. The minimum absolute atomic E-state index is 0.0321. The number of nitro benzene ring substituents is 1. The molecule has 4 aromatic rings. The zero-order valence-electron chi connectivity index (χ0n) is 17.7. The van der Waals surface area contributed by atoms with Crippen molar-refractivity contribution >= 4 is 39.0 Å². The van der Waals surface area contributed by atoms with Gasteiger partial charge >= 0.3 is 0 Å². The summed E-state index contributed by atoms with van der Waals surface area (Å²) in [6, 6.07) is 7.58. The van der Waals surface area contributed by atoms with Gasteiger partial charge in [-0.1, -0.05) is 0 Å². The van der Waals surface area contributed by atoms with Gasteiger partial charge in [0.25, 0.3) is 11.2 Å². The summed E-state index contributed by atoms with van der Waals surface area (Å²) in [5.41, 5.74) is 1.98. The van der Waals surface area contributed by atoms with Gasteiger partial charge < -0.3 is 5.32 Å². The maximum Gasteiger partial charge on any atom is 0.269 e. The van der Waals surface area contributed by atoms with E-state index in [-0.39, 0.29) is 30.1 Å². The van der Waals surface area contributed by atoms with Gasteiger partial charge in [0.2, 0.25) is 5.91 Å². The first-order valence-corrected chi connectivity index (χ1v) is 10.6. The molecule has 4 rings (SSSR count). The maximum atomic E-state index is 12.8. The summed E-state index contributed by atoms with van der Waals surface area (Å²) in [5, 5.41) is 18.6. The van der Waals surface area contributed by atoms with Gasteiger partial charge in [-0.05, 0) is 38.5 Å². The van der Waals surface area contributed by atoms with Gasteiger partial charge in [-0.2, -0.15) is 5.10 Å². The first-order chi connectivity index (χ1) is 15.2. The third-order valence-electron chi connectivity index (χ3n) is 5.14. The van der Waals surface area contributed by atoms with E-state index < -0.39 is 4.92 Å². The molecule has 0 unspecified atom stereocenters. The lowest BCUT2D eigenvalue weighted by Gasteiger charge is -2.10. The fraction of sp³-hybridized carbons (Fsp3) is 0.238. The van der Waals surface area contributed by atoms with Crippen LogP contribution in [0.5, 0.6) is 0 Å². The van der Waals surface area contributed by atoms with Crippen molar-refractivity contribution < 1.29 is 9.72 Å². The van der Waals surface area contributed by atoms with E-state index in [1.165, 1.54) is 39.0 Å². The highest BCUT2D eigenvalue weighted by Gasteiger charge is 2.15. The standard InChI is InChI=1S/C21H20N6O4S/c1-12-10-17(26(24-12)15-4-6-16(7-5-15)27(30)31)23-18(28)8-9-25-11-22-20-19(21(25)29)13(2)14(3)32-20/h4-7,10-11H,8-9H2,1-3H3,(H,23,28). The number of nitrogens with one attached hydrogen (secondary N) is 1. The molecule has 32 heavy (non-hydrogen) atoms. The summed E-state index contributed by atoms with van der Waals surface area (Å²) >= 11 is 1.48. The third kappa shape index (κ3) is 4.02. The Labute approximate surface area is 186 Å². The number of non-ortho nitro benzene ring substituents is 1. The summed E-state index contributed by atoms with van der Waals surface area (Å²) in [6.07, 6.45) is 1.54. The van der Waals surface area contributed by atoms with Crippen molar-refractivity contribution in [3.63, 3.8) is 0 Å². The molecule has 1 aromatic carbocycles. The fourth-order valence-electron chi connectivity index (χ4n) is 3.36. The maximum absolute atomic E-state index is 12.8. The van der Waals surface area contributed by atoms with E-state index in [0.717, 1.165) is 10.4 Å². The van der Waals surface area contributed by atoms with E-state index in [4.69, 9.17) is 0 Å². The number of fused-ring (bicyclic) bond motifs is 1. The SMILES string of the molecule is Cc1cc(NC(=O)CCn2cnc3sc(C)c(C)c3c2=O)n(-c2ccc([N+](=O)[O-])cc2)n1. The van der Waals surface area contributed by atoms with E-state index in [2.05, 4.69) is 15.4 Å². The first-order valence-electron chi connectivity index (χ1n) is 9.81. The van der Waals surface area contributed by atoms with Crippen molar-refractivity contribution in [1.29, 1.82) is 0 Å². The Bertz CT molecular complexity index is 1400. The highest BCUT2D eigenvalue weighted by Crippen LogP contribution is 2.25. The molecule has 0 saturated carbocycles. The average molecular weight is 452 g/mol. The summed E-state index contributed by atoms with van der Waals surface area (Å²) in [5.74, 6) is 0.143. The molecule has 0 bridgehead atoms. The highest BCUT2D eigenvalue weighted by molar-refractivity contribution is 7.18. The number of benzene rings is 1. The molecule has 0 atom stereocenters. The molecule has 0 saturated heterocycles. The van der Waals surface area contributed by atoms with Gasteiger partial charge in [0, 0.05) is 36.0 Å². The number of aromatic nitrogens is 4. The van der Waals surface area contributed by atoms with Gasteiger partial charge in [-0.25, -0.2) is 9.67 Å². The lowest BCUT2D eigenvalue weighted by molar-refractivity contribution is -0.384. The first kappa shape index (κ1) is 21.4. The van der Waals surface area contributed by atoms with Crippen LogP contribution in [0.15, 0.2) is 41.5 Å². The highest BCUT2D eigenvalue weighted by atomic mass is 32.1.